The van der Waals surface area contributed by atoms with Gasteiger partial charge in [-0.3, -0.25) is 4.99 Å². The molecule has 0 aliphatic carbocycles. The molecule has 0 aliphatic rings. The molecular formula is C19H29F3IN5OS. The highest BCUT2D eigenvalue weighted by Crippen LogP contribution is 2.40. The molecule has 2 aromatic heterocycles. The molecule has 0 amide bonds. The van der Waals surface area contributed by atoms with E-state index in [-0.39, 0.29) is 30.5 Å². The Bertz CT molecular complexity index is 781. The van der Waals surface area contributed by atoms with Gasteiger partial charge in [-0.25, -0.2) is 4.98 Å². The van der Waals surface area contributed by atoms with Gasteiger partial charge in [-0.2, -0.15) is 13.2 Å². The zero-order chi connectivity index (χ0) is 21.5. The largest absolute Gasteiger partial charge is 0.424 e. The highest BCUT2D eigenvalue weighted by molar-refractivity contribution is 14.0. The number of nitrogens with one attached hydrogen (secondary N) is 2. The van der Waals surface area contributed by atoms with Gasteiger partial charge in [-0.05, 0) is 30.7 Å². The number of aliphatic imine (C=N–C) groups is 1. The van der Waals surface area contributed by atoms with Crippen molar-refractivity contribution in [1.82, 2.24) is 20.2 Å². The van der Waals surface area contributed by atoms with Gasteiger partial charge in [-0.15, -0.1) is 35.3 Å². The molecule has 2 atom stereocenters. The van der Waals surface area contributed by atoms with Gasteiger partial charge >= 0.3 is 6.18 Å². The number of aryl methyl sites for hydroxylation is 1. The van der Waals surface area contributed by atoms with Crippen LogP contribution in [-0.2, 0) is 19.1 Å². The van der Waals surface area contributed by atoms with E-state index in [1.807, 2.05) is 18.4 Å². The topological polar surface area (TPSA) is 74.5 Å². The van der Waals surface area contributed by atoms with Gasteiger partial charge in [0.1, 0.15) is 5.82 Å². The lowest BCUT2D eigenvalue weighted by Gasteiger charge is -2.30. The molecule has 2 aromatic rings. The second-order valence-electron chi connectivity index (χ2n) is 7.00. The number of aromatic nitrogens is 2. The molecule has 0 aliphatic heterocycles. The molecule has 6 nitrogen and oxygen atoms in total. The van der Waals surface area contributed by atoms with Crippen LogP contribution in [0, 0.1) is 5.92 Å². The van der Waals surface area contributed by atoms with E-state index in [9.17, 15) is 18.3 Å². The first-order chi connectivity index (χ1) is 13.7. The minimum absolute atomic E-state index is 0. The van der Waals surface area contributed by atoms with Gasteiger partial charge in [0.2, 0.25) is 5.60 Å². The highest BCUT2D eigenvalue weighted by Gasteiger charge is 2.57. The summed E-state index contributed by atoms with van der Waals surface area (Å²) in [6.07, 6.45) is -1.93. The van der Waals surface area contributed by atoms with Crippen LogP contribution in [0.2, 0.25) is 0 Å². The van der Waals surface area contributed by atoms with E-state index in [2.05, 4.69) is 33.6 Å². The Balaban J connectivity index is 0.00000450. The van der Waals surface area contributed by atoms with Crippen molar-refractivity contribution in [3.8, 4) is 0 Å². The van der Waals surface area contributed by atoms with Gasteiger partial charge in [0.05, 0.1) is 0 Å². The van der Waals surface area contributed by atoms with Crippen LogP contribution < -0.4 is 10.6 Å². The summed E-state index contributed by atoms with van der Waals surface area (Å²) in [5.74, 6) is 0.289. The Morgan fingerprint density at radius 3 is 2.63 bits per heavy atom. The Kier molecular flexibility index (Phi) is 10.6. The van der Waals surface area contributed by atoms with Crippen molar-refractivity contribution >= 4 is 41.3 Å². The fourth-order valence-electron chi connectivity index (χ4n) is 2.93. The average Bonchev–Trinajstić information content (AvgIpc) is 3.30. The van der Waals surface area contributed by atoms with E-state index in [0.717, 1.165) is 6.42 Å². The van der Waals surface area contributed by atoms with Gasteiger partial charge in [0, 0.05) is 50.4 Å². The van der Waals surface area contributed by atoms with Crippen molar-refractivity contribution in [3.63, 3.8) is 0 Å². The summed E-state index contributed by atoms with van der Waals surface area (Å²) < 4.78 is 41.9. The van der Waals surface area contributed by atoms with Crippen molar-refractivity contribution in [2.24, 2.45) is 18.0 Å². The van der Waals surface area contributed by atoms with Gasteiger partial charge in [0.15, 0.2) is 5.96 Å². The van der Waals surface area contributed by atoms with E-state index in [1.165, 1.54) is 28.9 Å². The van der Waals surface area contributed by atoms with Gasteiger partial charge < -0.3 is 20.3 Å². The summed E-state index contributed by atoms with van der Waals surface area (Å²) in [6.45, 7) is 4.96. The third kappa shape index (κ3) is 7.12. The summed E-state index contributed by atoms with van der Waals surface area (Å²) in [7, 11) is 1.42. The van der Waals surface area contributed by atoms with Crippen LogP contribution in [0.3, 0.4) is 0 Å². The van der Waals surface area contributed by atoms with E-state index in [0.29, 0.717) is 25.0 Å². The smallest absolute Gasteiger partial charge is 0.374 e. The van der Waals surface area contributed by atoms with Crippen LogP contribution >= 0.6 is 35.3 Å². The molecule has 2 unspecified atom stereocenters. The molecule has 0 spiro atoms. The van der Waals surface area contributed by atoms with Crippen LogP contribution in [0.15, 0.2) is 34.9 Å². The van der Waals surface area contributed by atoms with Crippen LogP contribution in [0.5, 0.6) is 0 Å². The lowest BCUT2D eigenvalue weighted by molar-refractivity contribution is -0.272. The number of hydrogen-bond donors (Lipinski definition) is 3. The quantitative estimate of drug-likeness (QED) is 0.249. The maximum atomic E-state index is 13.6. The number of hydrogen-bond acceptors (Lipinski definition) is 4. The first-order valence-corrected chi connectivity index (χ1v) is 10.4. The van der Waals surface area contributed by atoms with Crippen LogP contribution in [0.4, 0.5) is 13.2 Å². The van der Waals surface area contributed by atoms with Crippen molar-refractivity contribution in [1.29, 1.82) is 0 Å². The minimum Gasteiger partial charge on any atom is -0.374 e. The summed E-state index contributed by atoms with van der Waals surface area (Å²) in [5.41, 5.74) is -3.04. The number of guanidine groups is 1. The lowest BCUT2D eigenvalue weighted by atomic mass is 9.97. The van der Waals surface area contributed by atoms with E-state index in [4.69, 9.17) is 0 Å². The number of alkyl halides is 3. The number of imidazole rings is 1. The number of rotatable bonds is 9. The minimum atomic E-state index is -4.85. The second kappa shape index (κ2) is 11.9. The fraction of sp³-hybridized carbons (Fsp3) is 0.579. The Morgan fingerprint density at radius 1 is 1.37 bits per heavy atom. The Morgan fingerprint density at radius 2 is 2.10 bits per heavy atom. The van der Waals surface area contributed by atoms with Crippen LogP contribution in [-0.4, -0.2) is 46.4 Å². The van der Waals surface area contributed by atoms with Gasteiger partial charge in [0.25, 0.3) is 0 Å². The second-order valence-corrected chi connectivity index (χ2v) is 8.04. The Hall–Kier alpha value is -1.34. The molecule has 0 saturated heterocycles. The third-order valence-corrected chi connectivity index (χ3v) is 5.37. The molecule has 2 rings (SSSR count). The summed E-state index contributed by atoms with van der Waals surface area (Å²) >= 11 is 1.69. The summed E-state index contributed by atoms with van der Waals surface area (Å²) in [4.78, 5) is 9.45. The number of thiophene rings is 1. The molecule has 170 valence electrons. The number of halogens is 4. The zero-order valence-corrected chi connectivity index (χ0v) is 20.4. The molecule has 30 heavy (non-hydrogen) atoms. The number of aliphatic hydroxyl groups is 1. The van der Waals surface area contributed by atoms with Crippen molar-refractivity contribution in [3.05, 3.63) is 40.6 Å². The Labute approximate surface area is 196 Å². The monoisotopic (exact) mass is 559 g/mol. The summed E-state index contributed by atoms with van der Waals surface area (Å²) in [5, 5.41) is 18.3. The molecule has 0 fully saturated rings. The number of nitrogens with zero attached hydrogens (tertiary/aromatic N) is 3. The van der Waals surface area contributed by atoms with E-state index >= 15 is 0 Å². The van der Waals surface area contributed by atoms with E-state index < -0.39 is 24.0 Å². The van der Waals surface area contributed by atoms with Crippen molar-refractivity contribution in [2.75, 3.05) is 19.6 Å². The fourth-order valence-corrected chi connectivity index (χ4v) is 3.80. The zero-order valence-electron chi connectivity index (χ0n) is 17.2. The molecule has 0 saturated carbocycles. The maximum Gasteiger partial charge on any atom is 0.424 e. The standard InChI is InChI=1S/C19H28F3N5OS.HI/c1-4-23-17(26-13-14(2)12-15-6-5-11-29-15)25-8-7-18(28,19(20,21)22)16-24-9-10-27(16)3;/h5-6,9-11,14,28H,4,7-8,12-13H2,1-3H3,(H2,23,25,26);1H. The van der Waals surface area contributed by atoms with Crippen molar-refractivity contribution < 1.29 is 18.3 Å². The van der Waals surface area contributed by atoms with Crippen LogP contribution in [0.1, 0.15) is 31.0 Å². The SMILES string of the molecule is CCNC(=NCC(C)Cc1cccs1)NCCC(O)(c1nccn1C)C(F)(F)F.I. The summed E-state index contributed by atoms with van der Waals surface area (Å²) in [6, 6.07) is 4.08. The van der Waals surface area contributed by atoms with E-state index in [1.54, 1.807) is 11.3 Å². The first-order valence-electron chi connectivity index (χ1n) is 9.48. The third-order valence-electron chi connectivity index (χ3n) is 4.47. The molecule has 0 aromatic carbocycles. The molecule has 2 heterocycles. The highest BCUT2D eigenvalue weighted by atomic mass is 127. The predicted octanol–water partition coefficient (Wildman–Crippen LogP) is 3.67. The van der Waals surface area contributed by atoms with Crippen molar-refractivity contribution in [2.45, 2.75) is 38.5 Å². The maximum absolute atomic E-state index is 13.6. The normalized spacial score (nSPS) is 15.2. The van der Waals surface area contributed by atoms with Gasteiger partial charge in [-0.1, -0.05) is 13.0 Å². The average molecular weight is 559 g/mol. The van der Waals surface area contributed by atoms with Crippen LogP contribution in [0.25, 0.3) is 0 Å². The molecule has 3 N–H and O–H groups in total. The molecule has 0 bridgehead atoms. The molecule has 0 radical (unpaired) electrons. The lowest BCUT2D eigenvalue weighted by Crippen LogP contribution is -2.48. The predicted molar refractivity (Wildman–Crippen MR) is 124 cm³/mol. The molecule has 11 heteroatoms. The molecular weight excluding hydrogens is 530 g/mol. The first kappa shape index (κ1) is 26.7.